The number of aliphatic carboxylic acids is 1. The second-order valence-corrected chi connectivity index (χ2v) is 11.8. The van der Waals surface area contributed by atoms with Gasteiger partial charge in [0.15, 0.2) is 0 Å². The van der Waals surface area contributed by atoms with Crippen LogP contribution in [0.2, 0.25) is 5.04 Å². The first-order chi connectivity index (χ1) is 12.3. The molecule has 138 valence electrons. The smallest absolute Gasteiger partial charge is 0.327 e. The maximum atomic E-state index is 10.7. The SMILES string of the molecule is C[C@@H](CC=CC(=O)O)O[Si](c1ccccc1)(c1ccccc1)C(C)(C)C. The summed E-state index contributed by atoms with van der Waals surface area (Å²) in [5.41, 5.74) is 0. The van der Waals surface area contributed by atoms with Crippen LogP contribution in [0.15, 0.2) is 72.8 Å². The first kappa shape index (κ1) is 20.1. The van der Waals surface area contributed by atoms with E-state index in [0.717, 1.165) is 0 Å². The van der Waals surface area contributed by atoms with Gasteiger partial charge >= 0.3 is 5.97 Å². The summed E-state index contributed by atoms with van der Waals surface area (Å²) < 4.78 is 6.85. The number of benzene rings is 2. The second-order valence-electron chi connectivity index (χ2n) is 7.57. The summed E-state index contributed by atoms with van der Waals surface area (Å²) in [5.74, 6) is -0.928. The molecule has 1 N–H and O–H groups in total. The molecule has 0 spiro atoms. The Labute approximate surface area is 157 Å². The zero-order valence-corrected chi connectivity index (χ0v) is 17.0. The fraction of sp³-hybridized carbons (Fsp3) is 0.318. The van der Waals surface area contributed by atoms with Crippen molar-refractivity contribution in [2.24, 2.45) is 0 Å². The van der Waals surface area contributed by atoms with E-state index in [1.807, 2.05) is 19.1 Å². The Hall–Kier alpha value is -2.17. The molecule has 0 aliphatic carbocycles. The van der Waals surface area contributed by atoms with Crippen molar-refractivity contribution < 1.29 is 14.3 Å². The highest BCUT2D eigenvalue weighted by Crippen LogP contribution is 2.37. The topological polar surface area (TPSA) is 46.5 Å². The Morgan fingerprint density at radius 3 is 1.88 bits per heavy atom. The molecule has 2 rings (SSSR count). The molecule has 1 atom stereocenters. The van der Waals surface area contributed by atoms with Crippen LogP contribution in [0.25, 0.3) is 0 Å². The molecule has 0 saturated carbocycles. The summed E-state index contributed by atoms with van der Waals surface area (Å²) in [4.78, 5) is 10.7. The van der Waals surface area contributed by atoms with Crippen LogP contribution in [0.4, 0.5) is 0 Å². The van der Waals surface area contributed by atoms with Gasteiger partial charge in [0.2, 0.25) is 0 Å². The maximum Gasteiger partial charge on any atom is 0.327 e. The van der Waals surface area contributed by atoms with E-state index in [0.29, 0.717) is 6.42 Å². The number of hydrogen-bond donors (Lipinski definition) is 1. The summed E-state index contributed by atoms with van der Waals surface area (Å²) in [7, 11) is -2.57. The third kappa shape index (κ3) is 4.51. The van der Waals surface area contributed by atoms with Gasteiger partial charge in [-0.3, -0.25) is 0 Å². The van der Waals surface area contributed by atoms with E-state index in [4.69, 9.17) is 9.53 Å². The van der Waals surface area contributed by atoms with Gasteiger partial charge in [0.05, 0.1) is 0 Å². The minimum Gasteiger partial charge on any atom is -0.478 e. The van der Waals surface area contributed by atoms with E-state index in [-0.39, 0.29) is 11.1 Å². The number of hydrogen-bond acceptors (Lipinski definition) is 2. The fourth-order valence-electron chi connectivity index (χ4n) is 3.40. The summed E-state index contributed by atoms with van der Waals surface area (Å²) >= 11 is 0. The quantitative estimate of drug-likeness (QED) is 0.594. The van der Waals surface area contributed by atoms with Crippen LogP contribution < -0.4 is 10.4 Å². The van der Waals surface area contributed by atoms with Gasteiger partial charge in [0.1, 0.15) is 0 Å². The molecular weight excluding hydrogens is 340 g/mol. The summed E-state index contributed by atoms with van der Waals surface area (Å²) in [6, 6.07) is 20.9. The van der Waals surface area contributed by atoms with Gasteiger partial charge in [0, 0.05) is 12.2 Å². The summed E-state index contributed by atoms with van der Waals surface area (Å²) in [6.45, 7) is 8.72. The molecule has 0 amide bonds. The normalized spacial score (nSPS) is 13.7. The zero-order chi connectivity index (χ0) is 19.2. The molecule has 0 aromatic heterocycles. The lowest BCUT2D eigenvalue weighted by Crippen LogP contribution is -2.67. The second kappa shape index (κ2) is 8.47. The van der Waals surface area contributed by atoms with E-state index < -0.39 is 14.3 Å². The van der Waals surface area contributed by atoms with Crippen LogP contribution in [0, 0.1) is 0 Å². The molecule has 0 saturated heterocycles. The molecule has 0 heterocycles. The zero-order valence-electron chi connectivity index (χ0n) is 16.0. The van der Waals surface area contributed by atoms with Crippen molar-refractivity contribution >= 4 is 24.7 Å². The largest absolute Gasteiger partial charge is 0.478 e. The molecule has 0 aliphatic rings. The molecule has 0 bridgehead atoms. The van der Waals surface area contributed by atoms with Crippen molar-refractivity contribution in [3.8, 4) is 0 Å². The van der Waals surface area contributed by atoms with Crippen LogP contribution in [0.3, 0.4) is 0 Å². The molecule has 2 aromatic rings. The van der Waals surface area contributed by atoms with Gasteiger partial charge < -0.3 is 9.53 Å². The van der Waals surface area contributed by atoms with Crippen molar-refractivity contribution in [3.63, 3.8) is 0 Å². The Kier molecular flexibility index (Phi) is 6.56. The van der Waals surface area contributed by atoms with Crippen molar-refractivity contribution in [3.05, 3.63) is 72.8 Å². The monoisotopic (exact) mass is 368 g/mol. The first-order valence-electron chi connectivity index (χ1n) is 8.95. The van der Waals surface area contributed by atoms with Crippen molar-refractivity contribution in [2.75, 3.05) is 0 Å². The highest BCUT2D eigenvalue weighted by molar-refractivity contribution is 6.99. The predicted octanol–water partition coefficient (Wildman–Crippen LogP) is 3.98. The summed E-state index contributed by atoms with van der Waals surface area (Å²) in [5, 5.41) is 11.2. The van der Waals surface area contributed by atoms with E-state index in [9.17, 15) is 4.79 Å². The average Bonchev–Trinajstić information content (AvgIpc) is 2.60. The number of carboxylic acid groups (broad SMARTS) is 1. The van der Waals surface area contributed by atoms with Gasteiger partial charge in [-0.2, -0.15) is 0 Å². The molecular formula is C22H28O3Si. The average molecular weight is 369 g/mol. The minimum absolute atomic E-state index is 0.0829. The molecule has 4 heteroatoms. The lowest BCUT2D eigenvalue weighted by atomic mass is 10.2. The van der Waals surface area contributed by atoms with Crippen LogP contribution >= 0.6 is 0 Å². The van der Waals surface area contributed by atoms with Crippen LogP contribution in [0.1, 0.15) is 34.1 Å². The van der Waals surface area contributed by atoms with Crippen molar-refractivity contribution in [1.82, 2.24) is 0 Å². The van der Waals surface area contributed by atoms with Gasteiger partial charge in [0.25, 0.3) is 8.32 Å². The number of carbonyl (C=O) groups is 1. The molecule has 3 nitrogen and oxygen atoms in total. The first-order valence-corrected chi connectivity index (χ1v) is 10.9. The molecule has 0 unspecified atom stereocenters. The van der Waals surface area contributed by atoms with E-state index in [1.165, 1.54) is 16.4 Å². The lowest BCUT2D eigenvalue weighted by Gasteiger charge is -2.44. The fourth-order valence-corrected chi connectivity index (χ4v) is 8.12. The third-order valence-electron chi connectivity index (χ3n) is 4.52. The van der Waals surface area contributed by atoms with Crippen LogP contribution in [-0.4, -0.2) is 25.5 Å². The van der Waals surface area contributed by atoms with Gasteiger partial charge in [-0.1, -0.05) is 87.5 Å². The Bertz CT molecular complexity index is 693. The number of carboxylic acids is 1. The molecule has 0 aliphatic heterocycles. The Balaban J connectivity index is 2.52. The lowest BCUT2D eigenvalue weighted by molar-refractivity contribution is -0.131. The molecule has 0 fully saturated rings. The third-order valence-corrected chi connectivity index (χ3v) is 9.68. The predicted molar refractivity (Wildman–Crippen MR) is 110 cm³/mol. The van der Waals surface area contributed by atoms with Crippen molar-refractivity contribution in [2.45, 2.75) is 45.3 Å². The summed E-state index contributed by atoms with van der Waals surface area (Å²) in [6.07, 6.45) is 3.34. The maximum absolute atomic E-state index is 10.7. The minimum atomic E-state index is -2.57. The Morgan fingerprint density at radius 1 is 1.04 bits per heavy atom. The van der Waals surface area contributed by atoms with E-state index in [2.05, 4.69) is 69.3 Å². The molecule has 0 radical (unpaired) electrons. The van der Waals surface area contributed by atoms with Gasteiger partial charge in [-0.15, -0.1) is 0 Å². The highest BCUT2D eigenvalue weighted by atomic mass is 28.4. The van der Waals surface area contributed by atoms with Gasteiger partial charge in [-0.25, -0.2) is 4.79 Å². The molecule has 2 aromatic carbocycles. The van der Waals surface area contributed by atoms with Crippen LogP contribution in [0.5, 0.6) is 0 Å². The highest BCUT2D eigenvalue weighted by Gasteiger charge is 2.50. The number of rotatable bonds is 7. The van der Waals surface area contributed by atoms with Crippen LogP contribution in [-0.2, 0) is 9.22 Å². The molecule has 26 heavy (non-hydrogen) atoms. The standard InChI is InChI=1S/C22H28O3Si/c1-18(12-11-17-21(23)24)25-26(22(2,3)4,19-13-7-5-8-14-19)20-15-9-6-10-16-20/h5-11,13-18H,12H2,1-4H3,(H,23,24)/t18-/m0/s1. The van der Waals surface area contributed by atoms with Gasteiger partial charge in [-0.05, 0) is 28.8 Å². The van der Waals surface area contributed by atoms with E-state index in [1.54, 1.807) is 6.08 Å². The Morgan fingerprint density at radius 2 is 1.50 bits per heavy atom. The van der Waals surface area contributed by atoms with Crippen molar-refractivity contribution in [1.29, 1.82) is 0 Å². The van der Waals surface area contributed by atoms with E-state index >= 15 is 0 Å².